The Morgan fingerprint density at radius 1 is 1.17 bits per heavy atom. The van der Waals surface area contributed by atoms with Gasteiger partial charge in [-0.1, -0.05) is 24.3 Å². The first kappa shape index (κ1) is 20.8. The fraction of sp³-hybridized carbons (Fsp3) is 0.200. The zero-order valence-corrected chi connectivity index (χ0v) is 17.6. The molecule has 9 heteroatoms. The van der Waals surface area contributed by atoms with Gasteiger partial charge >= 0.3 is 0 Å². The van der Waals surface area contributed by atoms with E-state index >= 15 is 0 Å². The molecule has 1 heterocycles. The molecule has 1 aromatic heterocycles. The number of hydrogen-bond acceptors (Lipinski definition) is 6. The van der Waals surface area contributed by atoms with Gasteiger partial charge in [0.15, 0.2) is 0 Å². The molecule has 29 heavy (non-hydrogen) atoms. The highest BCUT2D eigenvalue weighted by Gasteiger charge is 2.11. The summed E-state index contributed by atoms with van der Waals surface area (Å²) in [6.07, 6.45) is 1.08. The third kappa shape index (κ3) is 6.30. The van der Waals surface area contributed by atoms with Crippen molar-refractivity contribution in [3.8, 4) is 5.75 Å². The quantitative estimate of drug-likeness (QED) is 0.570. The van der Waals surface area contributed by atoms with Gasteiger partial charge in [0, 0.05) is 17.5 Å². The molecule has 3 rings (SSSR count). The molecule has 2 aromatic carbocycles. The molecule has 0 radical (unpaired) electrons. The molecule has 3 aromatic rings. The lowest BCUT2D eigenvalue weighted by atomic mass is 10.1. The van der Waals surface area contributed by atoms with Crippen molar-refractivity contribution in [3.63, 3.8) is 0 Å². The predicted molar refractivity (Wildman–Crippen MR) is 114 cm³/mol. The van der Waals surface area contributed by atoms with Crippen LogP contribution in [0.1, 0.15) is 26.6 Å². The van der Waals surface area contributed by atoms with E-state index < -0.39 is 10.0 Å². The first-order valence-corrected chi connectivity index (χ1v) is 11.5. The van der Waals surface area contributed by atoms with Crippen LogP contribution in [0.2, 0.25) is 0 Å². The van der Waals surface area contributed by atoms with Gasteiger partial charge in [0.25, 0.3) is 5.91 Å². The van der Waals surface area contributed by atoms with Crippen LogP contribution in [-0.4, -0.2) is 25.6 Å². The fourth-order valence-electron chi connectivity index (χ4n) is 2.61. The number of carbonyl (C=O) groups is 1. The molecule has 0 atom stereocenters. The molecular formula is C20H21N3O4S2. The summed E-state index contributed by atoms with van der Waals surface area (Å²) >= 11 is 1.56. The molecule has 7 nitrogen and oxygen atoms in total. The second-order valence-electron chi connectivity index (χ2n) is 6.39. The minimum absolute atomic E-state index is 0.181. The van der Waals surface area contributed by atoms with Crippen LogP contribution >= 0.6 is 11.3 Å². The topological polar surface area (TPSA) is 97.4 Å². The van der Waals surface area contributed by atoms with Gasteiger partial charge < -0.3 is 10.1 Å². The third-order valence-electron chi connectivity index (χ3n) is 3.90. The Hall–Kier alpha value is -2.91. The second-order valence-corrected chi connectivity index (χ2v) is 9.20. The Morgan fingerprint density at radius 2 is 1.97 bits per heavy atom. The number of sulfonamides is 1. The summed E-state index contributed by atoms with van der Waals surface area (Å²) in [5.41, 5.74) is 2.39. The Morgan fingerprint density at radius 3 is 2.69 bits per heavy atom. The number of aryl methyl sites for hydroxylation is 1. The zero-order valence-electron chi connectivity index (χ0n) is 16.0. The van der Waals surface area contributed by atoms with Crippen LogP contribution in [0.15, 0.2) is 53.9 Å². The third-order valence-corrected chi connectivity index (χ3v) is 5.31. The van der Waals surface area contributed by atoms with Crippen LogP contribution in [0.25, 0.3) is 0 Å². The highest BCUT2D eigenvalue weighted by atomic mass is 32.2. The van der Waals surface area contributed by atoms with E-state index in [0.717, 1.165) is 17.0 Å². The minimum Gasteiger partial charge on any atom is -0.487 e. The van der Waals surface area contributed by atoms with Gasteiger partial charge in [-0.15, -0.1) is 11.3 Å². The Kier molecular flexibility index (Phi) is 6.50. The number of anilines is 1. The molecule has 0 bridgehead atoms. The number of aromatic nitrogens is 1. The number of rotatable bonds is 8. The summed E-state index contributed by atoms with van der Waals surface area (Å²) in [6.45, 7) is 2.45. The number of hydrogen-bond donors (Lipinski definition) is 2. The van der Waals surface area contributed by atoms with Gasteiger partial charge in [0.1, 0.15) is 12.4 Å². The average Bonchev–Trinajstić information content (AvgIpc) is 3.10. The Labute approximate surface area is 173 Å². The highest BCUT2D eigenvalue weighted by Crippen LogP contribution is 2.18. The van der Waals surface area contributed by atoms with Gasteiger partial charge in [0.2, 0.25) is 10.0 Å². The minimum atomic E-state index is -3.41. The summed E-state index contributed by atoms with van der Waals surface area (Å²) in [4.78, 5) is 16.9. The molecule has 0 aliphatic carbocycles. The van der Waals surface area contributed by atoms with Crippen LogP contribution < -0.4 is 14.8 Å². The maximum Gasteiger partial charge on any atom is 0.251 e. The molecule has 0 spiro atoms. The van der Waals surface area contributed by atoms with E-state index in [1.807, 2.05) is 12.3 Å². The lowest BCUT2D eigenvalue weighted by Gasteiger charge is -2.12. The van der Waals surface area contributed by atoms with E-state index in [0.29, 0.717) is 29.2 Å². The number of para-hydroxylation sites is 1. The van der Waals surface area contributed by atoms with Crippen LogP contribution in [-0.2, 0) is 23.2 Å². The van der Waals surface area contributed by atoms with Gasteiger partial charge in [0.05, 0.1) is 22.6 Å². The largest absolute Gasteiger partial charge is 0.487 e. The number of benzene rings is 2. The lowest BCUT2D eigenvalue weighted by molar-refractivity contribution is 0.0950. The van der Waals surface area contributed by atoms with Gasteiger partial charge in [-0.3, -0.25) is 9.52 Å². The molecule has 0 unspecified atom stereocenters. The highest BCUT2D eigenvalue weighted by molar-refractivity contribution is 7.92. The van der Waals surface area contributed by atoms with Crippen molar-refractivity contribution in [2.45, 2.75) is 20.1 Å². The summed E-state index contributed by atoms with van der Waals surface area (Å²) in [7, 11) is -3.41. The molecule has 0 saturated carbocycles. The molecular weight excluding hydrogens is 410 g/mol. The average molecular weight is 432 g/mol. The Bertz CT molecular complexity index is 1110. The van der Waals surface area contributed by atoms with E-state index in [2.05, 4.69) is 15.0 Å². The SMILES string of the molecule is Cc1nc(COc2cccc(C(=O)NCc3ccccc3NS(C)(=O)=O)c2)cs1. The first-order chi connectivity index (χ1) is 13.8. The molecule has 0 fully saturated rings. The van der Waals surface area contributed by atoms with Gasteiger partial charge in [-0.2, -0.15) is 0 Å². The summed E-state index contributed by atoms with van der Waals surface area (Å²) in [6, 6.07) is 13.8. The van der Waals surface area contributed by atoms with Crippen LogP contribution in [0.5, 0.6) is 5.75 Å². The normalized spacial score (nSPS) is 11.1. The van der Waals surface area contributed by atoms with Crippen molar-refractivity contribution in [1.82, 2.24) is 10.3 Å². The number of carbonyl (C=O) groups excluding carboxylic acids is 1. The molecule has 0 aliphatic heterocycles. The fourth-order valence-corrected chi connectivity index (χ4v) is 3.81. The van der Waals surface area contributed by atoms with Crippen LogP contribution in [0.3, 0.4) is 0 Å². The monoisotopic (exact) mass is 431 g/mol. The van der Waals surface area contributed by atoms with E-state index in [1.165, 1.54) is 0 Å². The summed E-state index contributed by atoms with van der Waals surface area (Å²) < 4.78 is 31.2. The van der Waals surface area contributed by atoms with E-state index in [-0.39, 0.29) is 12.5 Å². The maximum atomic E-state index is 12.5. The van der Waals surface area contributed by atoms with E-state index in [1.54, 1.807) is 59.9 Å². The molecule has 1 amide bonds. The summed E-state index contributed by atoms with van der Waals surface area (Å²) in [5.74, 6) is 0.288. The molecule has 152 valence electrons. The van der Waals surface area contributed by atoms with Crippen molar-refractivity contribution in [2.24, 2.45) is 0 Å². The smallest absolute Gasteiger partial charge is 0.251 e. The molecule has 0 aliphatic rings. The summed E-state index contributed by atoms with van der Waals surface area (Å²) in [5, 5.41) is 5.72. The van der Waals surface area contributed by atoms with Crippen molar-refractivity contribution in [2.75, 3.05) is 11.0 Å². The van der Waals surface area contributed by atoms with Gasteiger partial charge in [-0.05, 0) is 36.8 Å². The Balaban J connectivity index is 1.63. The van der Waals surface area contributed by atoms with E-state index in [9.17, 15) is 13.2 Å². The number of ether oxygens (including phenoxy) is 1. The molecule has 0 saturated heterocycles. The lowest BCUT2D eigenvalue weighted by Crippen LogP contribution is -2.23. The van der Waals surface area contributed by atoms with Crippen LogP contribution in [0.4, 0.5) is 5.69 Å². The van der Waals surface area contributed by atoms with Crippen LogP contribution in [0, 0.1) is 6.92 Å². The van der Waals surface area contributed by atoms with Crippen molar-refractivity contribution >= 4 is 33.0 Å². The standard InChI is InChI=1S/C20H21N3O4S2/c1-14-22-17(13-28-14)12-27-18-8-5-7-15(10-18)20(24)21-11-16-6-3-4-9-19(16)23-29(2,25)26/h3-10,13,23H,11-12H2,1-2H3,(H,21,24). The first-order valence-electron chi connectivity index (χ1n) is 8.78. The van der Waals surface area contributed by atoms with Crippen molar-refractivity contribution < 1.29 is 17.9 Å². The zero-order chi connectivity index (χ0) is 20.9. The van der Waals surface area contributed by atoms with Gasteiger partial charge in [-0.25, -0.2) is 13.4 Å². The number of nitrogens with zero attached hydrogens (tertiary/aromatic N) is 1. The number of amides is 1. The predicted octanol–water partition coefficient (Wildman–Crippen LogP) is 3.33. The molecule has 2 N–H and O–H groups in total. The van der Waals surface area contributed by atoms with Crippen molar-refractivity contribution in [3.05, 3.63) is 75.7 Å². The second kappa shape index (κ2) is 9.06. The number of nitrogens with one attached hydrogen (secondary N) is 2. The number of thiazole rings is 1. The van der Waals surface area contributed by atoms with E-state index in [4.69, 9.17) is 4.74 Å². The van der Waals surface area contributed by atoms with Crippen molar-refractivity contribution in [1.29, 1.82) is 0 Å². The maximum absolute atomic E-state index is 12.5.